The predicted octanol–water partition coefficient (Wildman–Crippen LogP) is 5.72. The predicted molar refractivity (Wildman–Crippen MR) is 106 cm³/mol. The maximum Gasteiger partial charge on any atom is 0.348 e. The monoisotopic (exact) mass is 368 g/mol. The van der Waals surface area contributed by atoms with Crippen LogP contribution in [-0.4, -0.2) is 11.1 Å². The van der Waals surface area contributed by atoms with E-state index in [1.54, 1.807) is 0 Å². The Labute approximate surface area is 159 Å². The highest BCUT2D eigenvalue weighted by Gasteiger charge is 2.43. The van der Waals surface area contributed by atoms with E-state index in [1.165, 1.54) is 11.8 Å². The van der Waals surface area contributed by atoms with Crippen LogP contribution in [0.1, 0.15) is 43.7 Å². The first kappa shape index (κ1) is 18.6. The molecule has 4 heteroatoms. The molecular formula is C22H24O3S. The summed E-state index contributed by atoms with van der Waals surface area (Å²) in [5, 5.41) is 10.7. The van der Waals surface area contributed by atoms with E-state index in [1.807, 2.05) is 60.7 Å². The first-order chi connectivity index (χ1) is 12.6. The number of unbranched alkanes of at least 4 members (excludes halogenated alkanes) is 1. The highest BCUT2D eigenvalue weighted by molar-refractivity contribution is 8.03. The Hall–Kier alpha value is -2.20. The average molecular weight is 368 g/mol. The van der Waals surface area contributed by atoms with Crippen molar-refractivity contribution in [2.45, 2.75) is 44.0 Å². The molecule has 136 valence electrons. The second-order valence-corrected chi connectivity index (χ2v) is 7.57. The summed E-state index contributed by atoms with van der Waals surface area (Å²) in [6.07, 6.45) is 2.98. The minimum absolute atomic E-state index is 0.141. The molecule has 1 unspecified atom stereocenters. The SMILES string of the molecule is CCCCC1(c2ccccc2)CC(O)=C(SCc2ccccc2)C(=O)O1. The zero-order chi connectivity index (χ0) is 18.4. The summed E-state index contributed by atoms with van der Waals surface area (Å²) in [6.45, 7) is 2.11. The van der Waals surface area contributed by atoms with Crippen molar-refractivity contribution in [3.8, 4) is 0 Å². The first-order valence-electron chi connectivity index (χ1n) is 9.02. The van der Waals surface area contributed by atoms with Gasteiger partial charge in [0, 0.05) is 5.75 Å². The normalized spacial score (nSPS) is 20.1. The minimum atomic E-state index is -0.769. The largest absolute Gasteiger partial charge is 0.511 e. The van der Waals surface area contributed by atoms with Crippen LogP contribution >= 0.6 is 11.8 Å². The van der Waals surface area contributed by atoms with Crippen molar-refractivity contribution in [3.63, 3.8) is 0 Å². The lowest BCUT2D eigenvalue weighted by atomic mass is 9.83. The molecular weight excluding hydrogens is 344 g/mol. The van der Waals surface area contributed by atoms with E-state index in [4.69, 9.17) is 4.74 Å². The van der Waals surface area contributed by atoms with Gasteiger partial charge in [-0.15, -0.1) is 11.8 Å². The van der Waals surface area contributed by atoms with Crippen LogP contribution in [0, 0.1) is 0 Å². The van der Waals surface area contributed by atoms with Crippen LogP contribution in [0.5, 0.6) is 0 Å². The molecule has 0 bridgehead atoms. The number of carbonyl (C=O) groups is 1. The summed E-state index contributed by atoms with van der Waals surface area (Å²) >= 11 is 1.34. The molecule has 0 aromatic heterocycles. The van der Waals surface area contributed by atoms with E-state index in [9.17, 15) is 9.90 Å². The number of esters is 1. The maximum absolute atomic E-state index is 12.7. The molecule has 0 aliphatic carbocycles. The molecule has 0 spiro atoms. The zero-order valence-corrected chi connectivity index (χ0v) is 15.8. The Bertz CT molecular complexity index is 770. The number of rotatable bonds is 7. The Morgan fingerprint density at radius 1 is 1.08 bits per heavy atom. The van der Waals surface area contributed by atoms with Crippen LogP contribution in [0.15, 0.2) is 71.3 Å². The van der Waals surface area contributed by atoms with E-state index in [2.05, 4.69) is 6.92 Å². The number of hydrogen-bond acceptors (Lipinski definition) is 4. The Morgan fingerprint density at radius 3 is 2.35 bits per heavy atom. The average Bonchev–Trinajstić information content (AvgIpc) is 2.67. The van der Waals surface area contributed by atoms with E-state index in [-0.39, 0.29) is 5.76 Å². The van der Waals surface area contributed by atoms with Crippen LogP contribution in [0.4, 0.5) is 0 Å². The molecule has 26 heavy (non-hydrogen) atoms. The molecule has 0 fully saturated rings. The molecule has 0 radical (unpaired) electrons. The van der Waals surface area contributed by atoms with E-state index in [0.29, 0.717) is 23.5 Å². The third kappa shape index (κ3) is 4.13. The van der Waals surface area contributed by atoms with Crippen molar-refractivity contribution >= 4 is 17.7 Å². The van der Waals surface area contributed by atoms with Gasteiger partial charge in [0.2, 0.25) is 0 Å². The molecule has 0 amide bonds. The van der Waals surface area contributed by atoms with Crippen LogP contribution in [-0.2, 0) is 20.9 Å². The van der Waals surface area contributed by atoms with Gasteiger partial charge in [-0.2, -0.15) is 0 Å². The van der Waals surface area contributed by atoms with Crippen LogP contribution in [0.25, 0.3) is 0 Å². The fourth-order valence-electron chi connectivity index (χ4n) is 3.25. The van der Waals surface area contributed by atoms with Gasteiger partial charge in [-0.05, 0) is 24.0 Å². The number of cyclic esters (lactones) is 1. The lowest BCUT2D eigenvalue weighted by Gasteiger charge is -2.37. The minimum Gasteiger partial charge on any atom is -0.511 e. The van der Waals surface area contributed by atoms with Crippen molar-refractivity contribution in [1.82, 2.24) is 0 Å². The van der Waals surface area contributed by atoms with Crippen LogP contribution in [0.2, 0.25) is 0 Å². The summed E-state index contributed by atoms with van der Waals surface area (Å²) in [5.74, 6) is 0.347. The Morgan fingerprint density at radius 2 is 1.73 bits per heavy atom. The highest BCUT2D eigenvalue weighted by atomic mass is 32.2. The lowest BCUT2D eigenvalue weighted by molar-refractivity contribution is -0.160. The number of hydrogen-bond donors (Lipinski definition) is 1. The van der Waals surface area contributed by atoms with Gasteiger partial charge in [0.15, 0.2) is 0 Å². The third-order valence-electron chi connectivity index (χ3n) is 4.65. The van der Waals surface area contributed by atoms with E-state index >= 15 is 0 Å². The molecule has 1 N–H and O–H groups in total. The summed E-state index contributed by atoms with van der Waals surface area (Å²) in [6, 6.07) is 19.7. The summed E-state index contributed by atoms with van der Waals surface area (Å²) in [7, 11) is 0. The molecule has 0 saturated carbocycles. The third-order valence-corrected chi connectivity index (χ3v) is 5.82. The number of aliphatic hydroxyl groups is 1. The standard InChI is InChI=1S/C22H24O3S/c1-2-3-14-22(18-12-8-5-9-13-18)15-19(23)20(21(24)25-22)26-16-17-10-6-4-7-11-17/h4-13,23H,2-3,14-16H2,1H3. The molecule has 3 rings (SSSR count). The van der Waals surface area contributed by atoms with Crippen molar-refractivity contribution < 1.29 is 14.6 Å². The fourth-order valence-corrected chi connectivity index (χ4v) is 4.15. The molecule has 1 heterocycles. The van der Waals surface area contributed by atoms with Crippen molar-refractivity contribution in [1.29, 1.82) is 0 Å². The molecule has 1 atom stereocenters. The molecule has 1 aliphatic rings. The fraction of sp³-hybridized carbons (Fsp3) is 0.318. The van der Waals surface area contributed by atoms with Gasteiger partial charge in [-0.1, -0.05) is 74.0 Å². The molecule has 0 saturated heterocycles. The zero-order valence-electron chi connectivity index (χ0n) is 15.0. The first-order valence-corrected chi connectivity index (χ1v) is 10.0. The van der Waals surface area contributed by atoms with Crippen LogP contribution in [0.3, 0.4) is 0 Å². The lowest BCUT2D eigenvalue weighted by Crippen LogP contribution is -2.37. The second-order valence-electron chi connectivity index (χ2n) is 6.58. The number of benzene rings is 2. The smallest absolute Gasteiger partial charge is 0.348 e. The molecule has 3 nitrogen and oxygen atoms in total. The van der Waals surface area contributed by atoms with E-state index in [0.717, 1.165) is 24.0 Å². The number of aliphatic hydroxyl groups excluding tert-OH is 1. The van der Waals surface area contributed by atoms with Crippen molar-refractivity contribution in [2.75, 3.05) is 0 Å². The van der Waals surface area contributed by atoms with Gasteiger partial charge >= 0.3 is 5.97 Å². The van der Waals surface area contributed by atoms with Gasteiger partial charge in [-0.3, -0.25) is 0 Å². The van der Waals surface area contributed by atoms with Crippen LogP contribution < -0.4 is 0 Å². The van der Waals surface area contributed by atoms with Crippen molar-refractivity contribution in [3.05, 3.63) is 82.5 Å². The number of thioether (sulfide) groups is 1. The topological polar surface area (TPSA) is 46.5 Å². The molecule has 2 aromatic rings. The molecule has 1 aliphatic heterocycles. The van der Waals surface area contributed by atoms with Gasteiger partial charge in [0.05, 0.1) is 6.42 Å². The van der Waals surface area contributed by atoms with Gasteiger partial charge in [0.25, 0.3) is 0 Å². The van der Waals surface area contributed by atoms with Crippen molar-refractivity contribution in [2.24, 2.45) is 0 Å². The van der Waals surface area contributed by atoms with E-state index < -0.39 is 11.6 Å². The number of carbonyl (C=O) groups excluding carboxylic acids is 1. The quantitative estimate of drug-likeness (QED) is 0.635. The van der Waals surface area contributed by atoms with Gasteiger partial charge in [-0.25, -0.2) is 4.79 Å². The maximum atomic E-state index is 12.7. The summed E-state index contributed by atoms with van der Waals surface area (Å²) in [4.78, 5) is 13.0. The second kappa shape index (κ2) is 8.45. The molecule has 2 aromatic carbocycles. The Balaban J connectivity index is 1.83. The van der Waals surface area contributed by atoms with Gasteiger partial charge < -0.3 is 9.84 Å². The highest BCUT2D eigenvalue weighted by Crippen LogP contribution is 2.44. The Kier molecular flexibility index (Phi) is 6.04. The number of ether oxygens (including phenoxy) is 1. The van der Waals surface area contributed by atoms with Gasteiger partial charge in [0.1, 0.15) is 16.3 Å². The summed E-state index contributed by atoms with van der Waals surface area (Å²) in [5.41, 5.74) is 1.28. The summed E-state index contributed by atoms with van der Waals surface area (Å²) < 4.78 is 5.96.